The zero-order chi connectivity index (χ0) is 13.4. The predicted octanol–water partition coefficient (Wildman–Crippen LogP) is 1.63. The molecule has 1 aliphatic carbocycles. The molecule has 1 saturated heterocycles. The molecule has 0 bridgehead atoms. The third-order valence-electron chi connectivity index (χ3n) is 3.88. The molecule has 4 heteroatoms. The van der Waals surface area contributed by atoms with Crippen LogP contribution in [0.25, 0.3) is 0 Å². The molecule has 0 aromatic heterocycles. The molecule has 1 fully saturated rings. The van der Waals surface area contributed by atoms with Gasteiger partial charge in [0.15, 0.2) is 0 Å². The van der Waals surface area contributed by atoms with Crippen molar-refractivity contribution >= 4 is 17.5 Å². The lowest BCUT2D eigenvalue weighted by Gasteiger charge is -2.14. The first-order valence-corrected chi connectivity index (χ1v) is 6.45. The van der Waals surface area contributed by atoms with Gasteiger partial charge in [-0.05, 0) is 30.5 Å². The Kier molecular flexibility index (Phi) is 2.95. The molecule has 19 heavy (non-hydrogen) atoms. The maximum Gasteiger partial charge on any atom is 0.238 e. The fourth-order valence-corrected chi connectivity index (χ4v) is 2.81. The van der Waals surface area contributed by atoms with E-state index in [4.69, 9.17) is 5.11 Å². The van der Waals surface area contributed by atoms with Gasteiger partial charge in [0.1, 0.15) is 0 Å². The quantitative estimate of drug-likeness (QED) is 0.647. The number of hydrogen-bond acceptors (Lipinski definition) is 3. The minimum absolute atomic E-state index is 0.0443. The van der Waals surface area contributed by atoms with Crippen LogP contribution in [0.3, 0.4) is 0 Å². The lowest BCUT2D eigenvalue weighted by molar-refractivity contribution is -0.122. The number of rotatable bonds is 2. The van der Waals surface area contributed by atoms with Gasteiger partial charge in [-0.3, -0.25) is 14.5 Å². The second-order valence-corrected chi connectivity index (χ2v) is 4.99. The van der Waals surface area contributed by atoms with Gasteiger partial charge in [-0.25, -0.2) is 0 Å². The third kappa shape index (κ3) is 1.88. The Morgan fingerprint density at radius 2 is 1.53 bits per heavy atom. The Bertz CT molecular complexity index is 521. The molecule has 2 aliphatic rings. The summed E-state index contributed by atoms with van der Waals surface area (Å²) in [7, 11) is 0. The van der Waals surface area contributed by atoms with Crippen molar-refractivity contribution in [2.24, 2.45) is 11.8 Å². The lowest BCUT2D eigenvalue weighted by atomic mass is 9.85. The number of nitrogens with zero attached hydrogens (tertiary/aromatic N) is 1. The van der Waals surface area contributed by atoms with Crippen LogP contribution in [0.4, 0.5) is 5.69 Å². The maximum absolute atomic E-state index is 12.3. The maximum atomic E-state index is 12.3. The van der Waals surface area contributed by atoms with Gasteiger partial charge in [0.25, 0.3) is 0 Å². The van der Waals surface area contributed by atoms with E-state index in [9.17, 15) is 9.59 Å². The van der Waals surface area contributed by atoms with Crippen molar-refractivity contribution in [3.63, 3.8) is 0 Å². The first kappa shape index (κ1) is 12.1. The second-order valence-electron chi connectivity index (χ2n) is 4.99. The number of carbonyl (C=O) groups excluding carboxylic acids is 2. The van der Waals surface area contributed by atoms with E-state index in [0.717, 1.165) is 5.56 Å². The van der Waals surface area contributed by atoms with Crippen LogP contribution in [-0.2, 0) is 16.2 Å². The van der Waals surface area contributed by atoms with Crippen molar-refractivity contribution in [2.75, 3.05) is 4.90 Å². The standard InChI is InChI=1S/C15H15NO3/c17-9-10-5-7-11(8-6-10)16-14(18)12-3-1-2-4-13(12)15(16)19/h1-2,5-8,12-13,17H,3-4,9H2. The van der Waals surface area contributed by atoms with E-state index >= 15 is 0 Å². The van der Waals surface area contributed by atoms with E-state index < -0.39 is 0 Å². The molecule has 1 N–H and O–H groups in total. The largest absolute Gasteiger partial charge is 0.392 e. The Morgan fingerprint density at radius 3 is 2.00 bits per heavy atom. The van der Waals surface area contributed by atoms with Gasteiger partial charge in [-0.1, -0.05) is 24.3 Å². The first-order valence-electron chi connectivity index (χ1n) is 6.45. The summed E-state index contributed by atoms with van der Waals surface area (Å²) in [5, 5.41) is 9.01. The third-order valence-corrected chi connectivity index (χ3v) is 3.88. The van der Waals surface area contributed by atoms with Gasteiger partial charge in [-0.15, -0.1) is 0 Å². The molecule has 2 unspecified atom stereocenters. The molecule has 1 aromatic carbocycles. The number of hydrogen-bond donors (Lipinski definition) is 1. The van der Waals surface area contributed by atoms with Crippen LogP contribution in [0, 0.1) is 11.8 Å². The fourth-order valence-electron chi connectivity index (χ4n) is 2.81. The zero-order valence-corrected chi connectivity index (χ0v) is 10.5. The molecule has 1 heterocycles. The smallest absolute Gasteiger partial charge is 0.238 e. The molecule has 4 nitrogen and oxygen atoms in total. The highest BCUT2D eigenvalue weighted by Gasteiger charge is 2.47. The normalized spacial score (nSPS) is 25.8. The summed E-state index contributed by atoms with van der Waals surface area (Å²) in [5.41, 5.74) is 1.36. The molecule has 0 spiro atoms. The molecular formula is C15H15NO3. The highest BCUT2D eigenvalue weighted by molar-refractivity contribution is 6.22. The molecule has 0 saturated carbocycles. The van der Waals surface area contributed by atoms with Crippen molar-refractivity contribution in [1.82, 2.24) is 0 Å². The van der Waals surface area contributed by atoms with Crippen LogP contribution in [0.1, 0.15) is 18.4 Å². The van der Waals surface area contributed by atoms with Crippen molar-refractivity contribution in [3.8, 4) is 0 Å². The van der Waals surface area contributed by atoms with E-state index in [1.165, 1.54) is 4.90 Å². The van der Waals surface area contributed by atoms with E-state index in [0.29, 0.717) is 18.5 Å². The SMILES string of the molecule is O=C1C2CC=CCC2C(=O)N1c1ccc(CO)cc1. The summed E-state index contributed by atoms with van der Waals surface area (Å²) in [6.07, 6.45) is 5.26. The molecule has 1 aromatic rings. The number of aliphatic hydroxyl groups is 1. The van der Waals surface area contributed by atoms with Crippen molar-refractivity contribution in [3.05, 3.63) is 42.0 Å². The highest BCUT2D eigenvalue weighted by atomic mass is 16.3. The molecule has 98 valence electrons. The zero-order valence-electron chi connectivity index (χ0n) is 10.5. The average molecular weight is 257 g/mol. The molecular weight excluding hydrogens is 242 g/mol. The fraction of sp³-hybridized carbons (Fsp3) is 0.333. The van der Waals surface area contributed by atoms with Crippen LogP contribution in [0.2, 0.25) is 0 Å². The van der Waals surface area contributed by atoms with Gasteiger partial charge in [0.2, 0.25) is 11.8 Å². The van der Waals surface area contributed by atoms with Gasteiger partial charge < -0.3 is 5.11 Å². The van der Waals surface area contributed by atoms with Gasteiger partial charge >= 0.3 is 0 Å². The van der Waals surface area contributed by atoms with Gasteiger partial charge in [-0.2, -0.15) is 0 Å². The Balaban J connectivity index is 1.92. The predicted molar refractivity (Wildman–Crippen MR) is 70.2 cm³/mol. The topological polar surface area (TPSA) is 57.6 Å². The summed E-state index contributed by atoms with van der Waals surface area (Å²) in [6, 6.07) is 6.89. The monoisotopic (exact) mass is 257 g/mol. The van der Waals surface area contributed by atoms with Gasteiger partial charge in [0.05, 0.1) is 24.1 Å². The number of amides is 2. The summed E-state index contributed by atoms with van der Waals surface area (Å²) in [6.45, 7) is -0.0443. The molecule has 3 rings (SSSR count). The number of fused-ring (bicyclic) bond motifs is 1. The molecule has 2 amide bonds. The number of aliphatic hydroxyl groups excluding tert-OH is 1. The number of allylic oxidation sites excluding steroid dienone is 2. The van der Waals surface area contributed by atoms with E-state index in [2.05, 4.69) is 0 Å². The van der Waals surface area contributed by atoms with Crippen LogP contribution < -0.4 is 4.90 Å². The van der Waals surface area contributed by atoms with E-state index in [1.807, 2.05) is 12.2 Å². The summed E-state index contributed by atoms with van der Waals surface area (Å²) < 4.78 is 0. The Labute approximate surface area is 111 Å². The minimum atomic E-state index is -0.199. The molecule has 2 atom stereocenters. The number of imide groups is 1. The van der Waals surface area contributed by atoms with E-state index in [1.54, 1.807) is 24.3 Å². The van der Waals surface area contributed by atoms with Crippen LogP contribution in [-0.4, -0.2) is 16.9 Å². The number of benzene rings is 1. The summed E-state index contributed by atoms with van der Waals surface area (Å²) in [5.74, 6) is -0.600. The molecule has 0 radical (unpaired) electrons. The summed E-state index contributed by atoms with van der Waals surface area (Å²) in [4.78, 5) is 25.9. The van der Waals surface area contributed by atoms with Crippen molar-refractivity contribution in [2.45, 2.75) is 19.4 Å². The Morgan fingerprint density at radius 1 is 1.00 bits per heavy atom. The Hall–Kier alpha value is -1.94. The lowest BCUT2D eigenvalue weighted by Crippen LogP contribution is -2.30. The summed E-state index contributed by atoms with van der Waals surface area (Å²) >= 11 is 0. The van der Waals surface area contributed by atoms with E-state index in [-0.39, 0.29) is 30.3 Å². The van der Waals surface area contributed by atoms with Crippen molar-refractivity contribution < 1.29 is 14.7 Å². The number of carbonyl (C=O) groups is 2. The first-order chi connectivity index (χ1) is 9.22. The van der Waals surface area contributed by atoms with Crippen LogP contribution in [0.15, 0.2) is 36.4 Å². The van der Waals surface area contributed by atoms with Crippen LogP contribution >= 0.6 is 0 Å². The average Bonchev–Trinajstić information content (AvgIpc) is 2.72. The second kappa shape index (κ2) is 4.63. The van der Waals surface area contributed by atoms with Gasteiger partial charge in [0, 0.05) is 0 Å². The number of anilines is 1. The minimum Gasteiger partial charge on any atom is -0.392 e. The molecule has 1 aliphatic heterocycles. The highest BCUT2D eigenvalue weighted by Crippen LogP contribution is 2.37. The van der Waals surface area contributed by atoms with Crippen LogP contribution in [0.5, 0.6) is 0 Å². The van der Waals surface area contributed by atoms with Crippen molar-refractivity contribution in [1.29, 1.82) is 0 Å².